The summed E-state index contributed by atoms with van der Waals surface area (Å²) in [6.45, 7) is 5.85. The van der Waals surface area contributed by atoms with Crippen LogP contribution in [0.2, 0.25) is 0 Å². The van der Waals surface area contributed by atoms with E-state index in [4.69, 9.17) is 4.74 Å². The van der Waals surface area contributed by atoms with Gasteiger partial charge in [-0.1, -0.05) is 26.0 Å². The first kappa shape index (κ1) is 19.3. The summed E-state index contributed by atoms with van der Waals surface area (Å²) in [6.07, 6.45) is 2.39. The number of hydrogen-bond acceptors (Lipinski definition) is 5. The second kappa shape index (κ2) is 8.89. The Kier molecular flexibility index (Phi) is 6.60. The van der Waals surface area contributed by atoms with Crippen molar-refractivity contribution in [3.05, 3.63) is 53.1 Å². The van der Waals surface area contributed by atoms with E-state index in [9.17, 15) is 15.0 Å². The minimum Gasteiger partial charge on any atom is -0.508 e. The van der Waals surface area contributed by atoms with Gasteiger partial charge in [-0.2, -0.15) is 5.10 Å². The maximum atomic E-state index is 11.8. The zero-order chi connectivity index (χ0) is 19.1. The molecule has 1 atom stereocenters. The van der Waals surface area contributed by atoms with Gasteiger partial charge in [0.1, 0.15) is 17.2 Å². The summed E-state index contributed by atoms with van der Waals surface area (Å²) in [7, 11) is 0. The van der Waals surface area contributed by atoms with Gasteiger partial charge in [0.2, 0.25) is 0 Å². The smallest absolute Gasteiger partial charge is 0.277 e. The van der Waals surface area contributed by atoms with Crippen LogP contribution in [0.15, 0.2) is 41.5 Å². The molecule has 1 amide bonds. The molecular formula is C20H24N2O4. The van der Waals surface area contributed by atoms with Gasteiger partial charge in [-0.3, -0.25) is 4.79 Å². The number of aromatic hydroxyl groups is 2. The number of amides is 1. The van der Waals surface area contributed by atoms with Gasteiger partial charge in [-0.05, 0) is 48.6 Å². The molecule has 2 aromatic carbocycles. The lowest BCUT2D eigenvalue weighted by molar-refractivity contribution is -0.123. The normalized spacial score (nSPS) is 12.1. The first-order valence-electron chi connectivity index (χ1n) is 8.48. The number of hydrazone groups is 1. The summed E-state index contributed by atoms with van der Waals surface area (Å²) >= 11 is 0. The number of phenolic OH excluding ortho intramolecular Hbond substituents is 2. The molecule has 138 valence electrons. The number of nitrogens with one attached hydrogen (secondary N) is 1. The maximum absolute atomic E-state index is 11.8. The molecule has 0 unspecified atom stereocenters. The van der Waals surface area contributed by atoms with Gasteiger partial charge in [-0.25, -0.2) is 5.43 Å². The summed E-state index contributed by atoms with van der Waals surface area (Å²) in [5.41, 5.74) is 4.63. The van der Waals surface area contributed by atoms with Crippen molar-refractivity contribution < 1.29 is 19.7 Å². The van der Waals surface area contributed by atoms with Crippen LogP contribution in [0.25, 0.3) is 0 Å². The Balaban J connectivity index is 1.86. The standard InChI is InChI=1S/C20H24N2O4/c1-4-13(2)15-5-7-17(8-6-15)26-12-20(25)22-21-11-18-14(3)9-16(23)10-19(18)24/h5-11,13,23-24H,4,12H2,1-3H3,(H,22,25)/b21-11-/t13-/m1/s1. The molecule has 0 saturated carbocycles. The van der Waals surface area contributed by atoms with Crippen molar-refractivity contribution in [1.29, 1.82) is 0 Å². The average molecular weight is 356 g/mol. The highest BCUT2D eigenvalue weighted by Crippen LogP contribution is 2.25. The fourth-order valence-electron chi connectivity index (χ4n) is 2.41. The minimum absolute atomic E-state index is 0.0334. The van der Waals surface area contributed by atoms with Crippen molar-refractivity contribution in [2.75, 3.05) is 6.61 Å². The highest BCUT2D eigenvalue weighted by molar-refractivity contribution is 5.87. The van der Waals surface area contributed by atoms with Crippen molar-refractivity contribution in [2.45, 2.75) is 33.1 Å². The van der Waals surface area contributed by atoms with Gasteiger partial charge in [0.05, 0.1) is 6.21 Å². The molecule has 6 nitrogen and oxygen atoms in total. The third kappa shape index (κ3) is 5.24. The highest BCUT2D eigenvalue weighted by atomic mass is 16.5. The Hall–Kier alpha value is -3.02. The zero-order valence-electron chi connectivity index (χ0n) is 15.2. The predicted molar refractivity (Wildman–Crippen MR) is 101 cm³/mol. The molecule has 0 aliphatic rings. The molecule has 0 aliphatic heterocycles. The van der Waals surface area contributed by atoms with Crippen LogP contribution in [-0.2, 0) is 4.79 Å². The zero-order valence-corrected chi connectivity index (χ0v) is 15.2. The number of rotatable bonds is 7. The molecule has 6 heteroatoms. The molecule has 0 radical (unpaired) electrons. The Morgan fingerprint density at radius 2 is 1.96 bits per heavy atom. The van der Waals surface area contributed by atoms with Crippen LogP contribution in [0.4, 0.5) is 0 Å². The van der Waals surface area contributed by atoms with Crippen molar-refractivity contribution in [1.82, 2.24) is 5.43 Å². The first-order chi connectivity index (χ1) is 12.4. The molecule has 0 spiro atoms. The molecule has 0 aliphatic carbocycles. The fourth-order valence-corrected chi connectivity index (χ4v) is 2.41. The summed E-state index contributed by atoms with van der Waals surface area (Å²) in [6, 6.07) is 10.4. The Morgan fingerprint density at radius 1 is 1.27 bits per heavy atom. The van der Waals surface area contributed by atoms with Gasteiger partial charge in [0, 0.05) is 11.6 Å². The fraction of sp³-hybridized carbons (Fsp3) is 0.300. The van der Waals surface area contributed by atoms with Crippen LogP contribution in [0, 0.1) is 6.92 Å². The monoisotopic (exact) mass is 356 g/mol. The number of hydrogen-bond donors (Lipinski definition) is 3. The highest BCUT2D eigenvalue weighted by Gasteiger charge is 2.06. The van der Waals surface area contributed by atoms with E-state index in [2.05, 4.69) is 24.4 Å². The topological polar surface area (TPSA) is 91.2 Å². The predicted octanol–water partition coefficient (Wildman–Crippen LogP) is 3.45. The number of aryl methyl sites for hydroxylation is 1. The van der Waals surface area contributed by atoms with E-state index in [1.54, 1.807) is 6.92 Å². The molecule has 2 aromatic rings. The lowest BCUT2D eigenvalue weighted by Gasteiger charge is -2.10. The second-order valence-electron chi connectivity index (χ2n) is 6.16. The summed E-state index contributed by atoms with van der Waals surface area (Å²) < 4.78 is 5.43. The average Bonchev–Trinajstić information content (AvgIpc) is 2.62. The van der Waals surface area contributed by atoms with Crippen molar-refractivity contribution in [3.8, 4) is 17.2 Å². The molecule has 3 N–H and O–H groups in total. The Morgan fingerprint density at radius 3 is 2.58 bits per heavy atom. The van der Waals surface area contributed by atoms with Crippen LogP contribution in [-0.4, -0.2) is 28.9 Å². The van der Waals surface area contributed by atoms with Crippen LogP contribution in [0.1, 0.15) is 42.9 Å². The molecule has 0 fully saturated rings. The number of carbonyl (C=O) groups excluding carboxylic acids is 1. The Bertz CT molecular complexity index is 762. The van der Waals surface area contributed by atoms with Crippen LogP contribution >= 0.6 is 0 Å². The van der Waals surface area contributed by atoms with Gasteiger partial charge in [-0.15, -0.1) is 0 Å². The maximum Gasteiger partial charge on any atom is 0.277 e. The molecule has 0 aromatic heterocycles. The second-order valence-corrected chi connectivity index (χ2v) is 6.16. The van der Waals surface area contributed by atoms with Crippen molar-refractivity contribution in [2.24, 2.45) is 5.10 Å². The number of nitrogens with zero attached hydrogens (tertiary/aromatic N) is 1. The van der Waals surface area contributed by atoms with Gasteiger partial charge in [0.25, 0.3) is 5.91 Å². The van der Waals surface area contributed by atoms with Crippen LogP contribution < -0.4 is 10.2 Å². The molecule has 26 heavy (non-hydrogen) atoms. The molecule has 2 rings (SSSR count). The molecule has 0 saturated heterocycles. The SMILES string of the molecule is CC[C@@H](C)c1ccc(OCC(=O)N/N=C\c2c(C)cc(O)cc2O)cc1. The molecule has 0 heterocycles. The third-order valence-corrected chi connectivity index (χ3v) is 4.16. The van der Waals surface area contributed by atoms with Gasteiger partial charge < -0.3 is 14.9 Å². The van der Waals surface area contributed by atoms with Crippen LogP contribution in [0.3, 0.4) is 0 Å². The summed E-state index contributed by atoms with van der Waals surface area (Å²) in [4.78, 5) is 11.8. The summed E-state index contributed by atoms with van der Waals surface area (Å²) in [5, 5.41) is 23.0. The lowest BCUT2D eigenvalue weighted by Crippen LogP contribution is -2.24. The van der Waals surface area contributed by atoms with E-state index >= 15 is 0 Å². The van der Waals surface area contributed by atoms with Gasteiger partial charge in [0.15, 0.2) is 6.61 Å². The van der Waals surface area contributed by atoms with Crippen LogP contribution in [0.5, 0.6) is 17.2 Å². The lowest BCUT2D eigenvalue weighted by atomic mass is 9.99. The number of benzene rings is 2. The van der Waals surface area contributed by atoms with Crippen molar-refractivity contribution in [3.63, 3.8) is 0 Å². The Labute approximate surface area is 153 Å². The number of carbonyl (C=O) groups is 1. The quantitative estimate of drug-likeness (QED) is 0.523. The van der Waals surface area contributed by atoms with E-state index in [1.807, 2.05) is 24.3 Å². The number of phenols is 2. The molecule has 0 bridgehead atoms. The minimum atomic E-state index is -0.414. The molecular weight excluding hydrogens is 332 g/mol. The third-order valence-electron chi connectivity index (χ3n) is 4.16. The van der Waals surface area contributed by atoms with E-state index in [0.29, 0.717) is 22.8 Å². The summed E-state index contributed by atoms with van der Waals surface area (Å²) in [5.74, 6) is 0.542. The van der Waals surface area contributed by atoms with E-state index in [0.717, 1.165) is 6.42 Å². The van der Waals surface area contributed by atoms with E-state index in [-0.39, 0.29) is 18.1 Å². The van der Waals surface area contributed by atoms with E-state index in [1.165, 1.54) is 23.9 Å². The first-order valence-corrected chi connectivity index (χ1v) is 8.48. The van der Waals surface area contributed by atoms with Gasteiger partial charge >= 0.3 is 0 Å². The number of ether oxygens (including phenoxy) is 1. The largest absolute Gasteiger partial charge is 0.508 e. The van der Waals surface area contributed by atoms with E-state index < -0.39 is 5.91 Å². The van der Waals surface area contributed by atoms with Crippen molar-refractivity contribution >= 4 is 12.1 Å².